The number of hydrogen-bond donors (Lipinski definition) is 2. The summed E-state index contributed by atoms with van der Waals surface area (Å²) in [5.41, 5.74) is 2.94. The number of thioether (sulfide) groups is 1. The van der Waals surface area contributed by atoms with Gasteiger partial charge in [0.1, 0.15) is 5.82 Å². The minimum Gasteiger partial charge on any atom is -0.463 e. The largest absolute Gasteiger partial charge is 0.463 e. The van der Waals surface area contributed by atoms with E-state index in [9.17, 15) is 9.59 Å². The first-order valence-corrected chi connectivity index (χ1v) is 10.9. The highest BCUT2D eigenvalue weighted by Gasteiger charge is 2.36. The lowest BCUT2D eigenvalue weighted by Gasteiger charge is -2.28. The number of aromatic amines is 1. The van der Waals surface area contributed by atoms with Gasteiger partial charge in [-0.2, -0.15) is 0 Å². The molecule has 0 radical (unpaired) electrons. The van der Waals surface area contributed by atoms with Crippen molar-refractivity contribution in [2.24, 2.45) is 0 Å². The van der Waals surface area contributed by atoms with Gasteiger partial charge in [0.25, 0.3) is 5.56 Å². The second-order valence-electron chi connectivity index (χ2n) is 7.01. The van der Waals surface area contributed by atoms with Gasteiger partial charge in [0.2, 0.25) is 0 Å². The van der Waals surface area contributed by atoms with Crippen molar-refractivity contribution in [3.05, 3.63) is 93.2 Å². The van der Waals surface area contributed by atoms with Crippen molar-refractivity contribution in [1.82, 2.24) is 15.0 Å². The molecule has 7 nitrogen and oxygen atoms in total. The van der Waals surface area contributed by atoms with E-state index in [-0.39, 0.29) is 12.2 Å². The van der Waals surface area contributed by atoms with Gasteiger partial charge in [-0.05, 0) is 31.0 Å². The standard InChI is InChI=1S/C23H22N4O3S/c1-3-30-22(29)17-14(2)25-20-19(18(17)16-10-7-11-24-12-16)21(28)27-23(26-20)31-13-15-8-5-4-6-9-15/h4-12,18H,3,13H2,1-2H3,(H2,25,26,27,28)/t18-/m1/s1. The number of benzene rings is 1. The molecule has 158 valence electrons. The molecule has 0 fully saturated rings. The number of nitrogens with zero attached hydrogens (tertiary/aromatic N) is 2. The summed E-state index contributed by atoms with van der Waals surface area (Å²) in [6.07, 6.45) is 3.31. The number of nitrogens with one attached hydrogen (secondary N) is 2. The number of allylic oxidation sites excluding steroid dienone is 1. The summed E-state index contributed by atoms with van der Waals surface area (Å²) >= 11 is 1.45. The Labute approximate surface area is 184 Å². The molecule has 0 spiro atoms. The van der Waals surface area contributed by atoms with Gasteiger partial charge < -0.3 is 15.0 Å². The van der Waals surface area contributed by atoms with E-state index in [4.69, 9.17) is 4.74 Å². The van der Waals surface area contributed by atoms with Crippen LogP contribution in [0.4, 0.5) is 5.82 Å². The van der Waals surface area contributed by atoms with Crippen LogP contribution in [-0.4, -0.2) is 27.5 Å². The molecule has 0 bridgehead atoms. The van der Waals surface area contributed by atoms with Gasteiger partial charge in [-0.3, -0.25) is 9.78 Å². The van der Waals surface area contributed by atoms with Crippen LogP contribution in [0.15, 0.2) is 76.1 Å². The van der Waals surface area contributed by atoms with Crippen LogP contribution in [0, 0.1) is 0 Å². The highest BCUT2D eigenvalue weighted by Crippen LogP contribution is 2.39. The monoisotopic (exact) mass is 434 g/mol. The third-order valence-electron chi connectivity index (χ3n) is 4.95. The minimum absolute atomic E-state index is 0.242. The van der Waals surface area contributed by atoms with Crippen molar-refractivity contribution in [1.29, 1.82) is 0 Å². The smallest absolute Gasteiger partial charge is 0.336 e. The second-order valence-corrected chi connectivity index (χ2v) is 7.98. The highest BCUT2D eigenvalue weighted by molar-refractivity contribution is 7.98. The van der Waals surface area contributed by atoms with Gasteiger partial charge in [0.05, 0.1) is 23.7 Å². The van der Waals surface area contributed by atoms with Crippen molar-refractivity contribution in [2.75, 3.05) is 11.9 Å². The summed E-state index contributed by atoms with van der Waals surface area (Å²) < 4.78 is 5.28. The molecular formula is C23H22N4O3S. The van der Waals surface area contributed by atoms with Gasteiger partial charge in [-0.1, -0.05) is 48.2 Å². The predicted octanol–water partition coefficient (Wildman–Crippen LogP) is 3.85. The number of fused-ring (bicyclic) bond motifs is 1. The number of carbonyl (C=O) groups is 1. The average Bonchev–Trinajstić information content (AvgIpc) is 2.78. The number of esters is 1. The summed E-state index contributed by atoms with van der Waals surface area (Å²) in [6.45, 7) is 3.78. The summed E-state index contributed by atoms with van der Waals surface area (Å²) in [4.78, 5) is 37.6. The number of H-pyrrole nitrogens is 1. The number of rotatable bonds is 6. The lowest BCUT2D eigenvalue weighted by atomic mass is 9.83. The van der Waals surface area contributed by atoms with E-state index < -0.39 is 11.9 Å². The maximum absolute atomic E-state index is 13.2. The van der Waals surface area contributed by atoms with Gasteiger partial charge in [0.15, 0.2) is 5.16 Å². The number of hydrogen-bond acceptors (Lipinski definition) is 7. The van der Waals surface area contributed by atoms with E-state index in [1.54, 1.807) is 32.3 Å². The molecule has 0 saturated carbocycles. The van der Waals surface area contributed by atoms with Gasteiger partial charge in [-0.15, -0.1) is 0 Å². The van der Waals surface area contributed by atoms with Crippen LogP contribution in [0.2, 0.25) is 0 Å². The molecule has 31 heavy (non-hydrogen) atoms. The zero-order valence-corrected chi connectivity index (χ0v) is 18.0. The maximum Gasteiger partial charge on any atom is 0.336 e. The maximum atomic E-state index is 13.2. The molecule has 2 N–H and O–H groups in total. The summed E-state index contributed by atoms with van der Waals surface area (Å²) in [5, 5.41) is 3.65. The fraction of sp³-hybridized carbons (Fsp3) is 0.217. The van der Waals surface area contributed by atoms with Crippen molar-refractivity contribution < 1.29 is 9.53 Å². The molecule has 3 heterocycles. The zero-order chi connectivity index (χ0) is 21.8. The normalized spacial score (nSPS) is 15.2. The van der Waals surface area contributed by atoms with E-state index in [1.807, 2.05) is 36.4 Å². The molecule has 2 aromatic heterocycles. The summed E-state index contributed by atoms with van der Waals surface area (Å²) in [5.74, 6) is 0.0402. The van der Waals surface area contributed by atoms with Crippen LogP contribution in [-0.2, 0) is 15.3 Å². The van der Waals surface area contributed by atoms with Crippen molar-refractivity contribution >= 4 is 23.5 Å². The van der Waals surface area contributed by atoms with E-state index in [0.29, 0.717) is 33.6 Å². The van der Waals surface area contributed by atoms with E-state index in [1.165, 1.54) is 11.8 Å². The Morgan fingerprint density at radius 1 is 1.19 bits per heavy atom. The molecule has 8 heteroatoms. The number of ether oxygens (including phenoxy) is 1. The van der Waals surface area contributed by atoms with Gasteiger partial charge in [-0.25, -0.2) is 9.78 Å². The van der Waals surface area contributed by atoms with Crippen LogP contribution < -0.4 is 10.9 Å². The van der Waals surface area contributed by atoms with E-state index in [2.05, 4.69) is 20.3 Å². The van der Waals surface area contributed by atoms with Crippen molar-refractivity contribution in [3.63, 3.8) is 0 Å². The molecule has 0 aliphatic carbocycles. The molecular weight excluding hydrogens is 412 g/mol. The lowest BCUT2D eigenvalue weighted by Crippen LogP contribution is -2.31. The summed E-state index contributed by atoms with van der Waals surface area (Å²) in [7, 11) is 0. The molecule has 3 aromatic rings. The highest BCUT2D eigenvalue weighted by atomic mass is 32.2. The number of carbonyl (C=O) groups excluding carboxylic acids is 1. The SMILES string of the molecule is CCOC(=O)C1=C(C)Nc2nc(SCc3ccccc3)[nH]c(=O)c2[C@@H]1c1cccnc1. The third-order valence-corrected chi connectivity index (χ3v) is 5.90. The first-order valence-electron chi connectivity index (χ1n) is 9.94. The Morgan fingerprint density at radius 2 is 2.00 bits per heavy atom. The van der Waals surface area contributed by atoms with Crippen molar-refractivity contribution in [3.8, 4) is 0 Å². The van der Waals surface area contributed by atoms with Gasteiger partial charge >= 0.3 is 5.97 Å². The Hall–Kier alpha value is -3.39. The van der Waals surface area contributed by atoms with Crippen LogP contribution >= 0.6 is 11.8 Å². The number of pyridine rings is 1. The second kappa shape index (κ2) is 9.18. The molecule has 0 unspecified atom stereocenters. The summed E-state index contributed by atoms with van der Waals surface area (Å²) in [6, 6.07) is 13.6. The first-order chi connectivity index (χ1) is 15.1. The number of anilines is 1. The van der Waals surface area contributed by atoms with Crippen molar-refractivity contribution in [2.45, 2.75) is 30.7 Å². The van der Waals surface area contributed by atoms with Crippen LogP contribution in [0.5, 0.6) is 0 Å². The molecule has 1 aliphatic rings. The molecule has 0 saturated heterocycles. The minimum atomic E-state index is -0.617. The van der Waals surface area contributed by atoms with Crippen LogP contribution in [0.1, 0.15) is 36.5 Å². The average molecular weight is 435 g/mol. The molecule has 1 aliphatic heterocycles. The van der Waals surface area contributed by atoms with Crippen LogP contribution in [0.25, 0.3) is 0 Å². The molecule has 0 amide bonds. The first kappa shape index (κ1) is 20.9. The Kier molecular flexibility index (Phi) is 6.18. The Bertz CT molecular complexity index is 1180. The molecule has 4 rings (SSSR count). The van der Waals surface area contributed by atoms with Gasteiger partial charge in [0, 0.05) is 23.8 Å². The fourth-order valence-corrected chi connectivity index (χ4v) is 4.40. The molecule has 1 atom stereocenters. The van der Waals surface area contributed by atoms with E-state index >= 15 is 0 Å². The lowest BCUT2D eigenvalue weighted by molar-refractivity contribution is -0.138. The number of aromatic nitrogens is 3. The quantitative estimate of drug-likeness (QED) is 0.345. The Morgan fingerprint density at radius 3 is 2.71 bits per heavy atom. The predicted molar refractivity (Wildman–Crippen MR) is 120 cm³/mol. The van der Waals surface area contributed by atoms with Crippen LogP contribution in [0.3, 0.4) is 0 Å². The third kappa shape index (κ3) is 4.39. The Balaban J connectivity index is 1.75. The topological polar surface area (TPSA) is 97.0 Å². The van der Waals surface area contributed by atoms with E-state index in [0.717, 1.165) is 11.1 Å². The fourth-order valence-electron chi connectivity index (χ4n) is 3.58. The molecule has 1 aromatic carbocycles. The zero-order valence-electron chi connectivity index (χ0n) is 17.2.